The minimum Gasteiger partial charge on any atom is -0.465 e. The molecular formula is C29H33N9O6. The first-order chi connectivity index (χ1) is 21.2. The van der Waals surface area contributed by atoms with Crippen LogP contribution >= 0.6 is 0 Å². The number of carbonyl (C=O) groups excluding carboxylic acids is 2. The Morgan fingerprint density at radius 2 is 1.95 bits per heavy atom. The minimum absolute atomic E-state index is 0.176. The number of anilines is 1. The van der Waals surface area contributed by atoms with E-state index in [1.807, 2.05) is 13.0 Å². The molecule has 4 heterocycles. The van der Waals surface area contributed by atoms with E-state index in [0.29, 0.717) is 42.0 Å². The number of pyridine rings is 1. The van der Waals surface area contributed by atoms with Crippen molar-refractivity contribution in [1.82, 2.24) is 39.9 Å². The van der Waals surface area contributed by atoms with Crippen molar-refractivity contribution < 1.29 is 29.0 Å². The van der Waals surface area contributed by atoms with Gasteiger partial charge in [0.2, 0.25) is 12.1 Å². The number of piperidine rings is 1. The topological polar surface area (TPSA) is 171 Å². The fraction of sp³-hybridized carbons (Fsp3) is 0.379. The molecule has 3 aromatic heterocycles. The maximum atomic E-state index is 14.0. The fourth-order valence-electron chi connectivity index (χ4n) is 5.16. The highest BCUT2D eigenvalue weighted by Crippen LogP contribution is 2.31. The van der Waals surface area contributed by atoms with Crippen LogP contribution in [-0.4, -0.2) is 88.9 Å². The van der Waals surface area contributed by atoms with E-state index in [1.165, 1.54) is 4.90 Å². The van der Waals surface area contributed by atoms with E-state index in [9.17, 15) is 19.5 Å². The third-order valence-electron chi connectivity index (χ3n) is 7.34. The molecule has 0 bridgehead atoms. The summed E-state index contributed by atoms with van der Waals surface area (Å²) in [7, 11) is 1.74. The lowest BCUT2D eigenvalue weighted by atomic mass is 10.0. The average Bonchev–Trinajstić information content (AvgIpc) is 3.65. The first-order valence-corrected chi connectivity index (χ1v) is 14.2. The molecule has 15 heteroatoms. The summed E-state index contributed by atoms with van der Waals surface area (Å²) in [6.45, 7) is 5.94. The van der Waals surface area contributed by atoms with Crippen LogP contribution in [0.2, 0.25) is 0 Å². The maximum absolute atomic E-state index is 14.0. The number of carbonyl (C=O) groups is 3. The van der Waals surface area contributed by atoms with E-state index >= 15 is 0 Å². The summed E-state index contributed by atoms with van der Waals surface area (Å²) in [5.41, 5.74) is 3.26. The number of aryl methyl sites for hydroxylation is 2. The molecule has 0 aliphatic carbocycles. The van der Waals surface area contributed by atoms with Crippen LogP contribution in [0.15, 0.2) is 48.8 Å². The summed E-state index contributed by atoms with van der Waals surface area (Å²) in [5, 5.41) is 26.5. The molecule has 5 rings (SSSR count). The molecule has 2 atom stereocenters. The number of hydrogen-bond acceptors (Lipinski definition) is 10. The molecule has 0 unspecified atom stereocenters. The maximum Gasteiger partial charge on any atom is 0.510 e. The van der Waals surface area contributed by atoms with E-state index in [4.69, 9.17) is 9.47 Å². The Kier molecular flexibility index (Phi) is 8.83. The zero-order valence-electron chi connectivity index (χ0n) is 24.8. The highest BCUT2D eigenvalue weighted by atomic mass is 16.7. The molecule has 1 aliphatic heterocycles. The number of aromatic nitrogens is 7. The zero-order valence-corrected chi connectivity index (χ0v) is 24.8. The van der Waals surface area contributed by atoms with E-state index in [2.05, 4.69) is 25.5 Å². The van der Waals surface area contributed by atoms with Crippen LogP contribution in [0.25, 0.3) is 22.6 Å². The molecule has 1 aliphatic rings. The Morgan fingerprint density at radius 1 is 1.18 bits per heavy atom. The third-order valence-corrected chi connectivity index (χ3v) is 7.34. The van der Waals surface area contributed by atoms with Gasteiger partial charge < -0.3 is 19.5 Å². The Labute approximate surface area is 253 Å². The fourth-order valence-corrected chi connectivity index (χ4v) is 5.16. The van der Waals surface area contributed by atoms with Gasteiger partial charge >= 0.3 is 12.2 Å². The highest BCUT2D eigenvalue weighted by molar-refractivity contribution is 6.06. The minimum atomic E-state index is -1.01. The van der Waals surface area contributed by atoms with Gasteiger partial charge in [-0.05, 0) is 68.2 Å². The van der Waals surface area contributed by atoms with E-state index < -0.39 is 18.5 Å². The number of hydrogen-bond donors (Lipinski definition) is 1. The first kappa shape index (κ1) is 30.1. The summed E-state index contributed by atoms with van der Waals surface area (Å²) < 4.78 is 11.6. The van der Waals surface area contributed by atoms with Crippen molar-refractivity contribution in [3.05, 3.63) is 59.9 Å². The summed E-state index contributed by atoms with van der Waals surface area (Å²) in [4.78, 5) is 46.1. The third kappa shape index (κ3) is 6.21. The standard InChI is InChI=1S/C29H33N9O6/c1-5-43-29(42)44-19(3)38-33-25(32-34-38)24-23(16-31-35(24)4)20-10-12-21(13-11-20)27(39)37(26-18(2)8-6-14-30-26)22-9-7-15-36(17-22)28(40)41/h6,8,10-14,16,19,22H,5,7,9,15,17H2,1-4H3,(H,40,41)/t19-,22+/m0/s1. The molecule has 2 amide bonds. The Morgan fingerprint density at radius 3 is 2.66 bits per heavy atom. The van der Waals surface area contributed by atoms with E-state index in [1.54, 1.807) is 73.2 Å². The zero-order chi connectivity index (χ0) is 31.4. The molecule has 230 valence electrons. The second-order valence-electron chi connectivity index (χ2n) is 10.3. The van der Waals surface area contributed by atoms with Crippen LogP contribution in [0.3, 0.4) is 0 Å². The number of tetrazole rings is 1. The predicted molar refractivity (Wildman–Crippen MR) is 157 cm³/mol. The van der Waals surface area contributed by atoms with Gasteiger partial charge in [0.15, 0.2) is 0 Å². The summed E-state index contributed by atoms with van der Waals surface area (Å²) in [5.74, 6) is 0.488. The average molecular weight is 604 g/mol. The normalized spacial score (nSPS) is 15.5. The molecule has 15 nitrogen and oxygen atoms in total. The number of rotatable bonds is 8. The lowest BCUT2D eigenvalue weighted by Crippen LogP contribution is -2.52. The van der Waals surface area contributed by atoms with Crippen molar-refractivity contribution in [2.75, 3.05) is 24.6 Å². The lowest BCUT2D eigenvalue weighted by Gasteiger charge is -2.38. The largest absolute Gasteiger partial charge is 0.510 e. The molecule has 1 saturated heterocycles. The molecule has 4 aromatic rings. The molecular weight excluding hydrogens is 570 g/mol. The van der Waals surface area contributed by atoms with Crippen LogP contribution in [-0.2, 0) is 16.5 Å². The molecule has 1 N–H and O–H groups in total. The lowest BCUT2D eigenvalue weighted by molar-refractivity contribution is -0.00514. The van der Waals surface area contributed by atoms with Crippen LogP contribution < -0.4 is 4.90 Å². The Bertz CT molecular complexity index is 1650. The van der Waals surface area contributed by atoms with Crippen LogP contribution in [0.5, 0.6) is 0 Å². The number of carboxylic acid groups (broad SMARTS) is 1. The van der Waals surface area contributed by atoms with Gasteiger partial charge in [-0.3, -0.25) is 14.4 Å². The van der Waals surface area contributed by atoms with Gasteiger partial charge in [0, 0.05) is 37.5 Å². The van der Waals surface area contributed by atoms with Crippen LogP contribution in [0.1, 0.15) is 48.8 Å². The van der Waals surface area contributed by atoms with Crippen molar-refractivity contribution in [1.29, 1.82) is 0 Å². The van der Waals surface area contributed by atoms with Gasteiger partial charge in [-0.2, -0.15) is 5.10 Å². The van der Waals surface area contributed by atoms with Gasteiger partial charge in [0.25, 0.3) is 5.91 Å². The van der Waals surface area contributed by atoms with Gasteiger partial charge in [-0.1, -0.05) is 18.2 Å². The highest BCUT2D eigenvalue weighted by Gasteiger charge is 2.33. The molecule has 0 saturated carbocycles. The number of likely N-dealkylation sites (tertiary alicyclic amines) is 1. The Balaban J connectivity index is 1.42. The molecule has 1 aromatic carbocycles. The second-order valence-corrected chi connectivity index (χ2v) is 10.3. The summed E-state index contributed by atoms with van der Waals surface area (Å²) in [6.07, 6.45) is 1.89. The molecule has 0 spiro atoms. The van der Waals surface area contributed by atoms with Gasteiger partial charge in [-0.15, -0.1) is 15.0 Å². The van der Waals surface area contributed by atoms with Crippen LogP contribution in [0.4, 0.5) is 15.4 Å². The van der Waals surface area contributed by atoms with Crippen molar-refractivity contribution >= 4 is 24.0 Å². The number of benzene rings is 1. The quantitative estimate of drug-likeness (QED) is 0.289. The van der Waals surface area contributed by atoms with Crippen molar-refractivity contribution in [3.8, 4) is 22.6 Å². The summed E-state index contributed by atoms with van der Waals surface area (Å²) in [6, 6.07) is 10.4. The monoisotopic (exact) mass is 603 g/mol. The van der Waals surface area contributed by atoms with E-state index in [0.717, 1.165) is 15.9 Å². The van der Waals surface area contributed by atoms with Gasteiger partial charge in [0.1, 0.15) is 11.5 Å². The SMILES string of the molecule is CCOC(=O)O[C@@H](C)n1nnc(-c2c(-c3ccc(C(=O)N(c4ncccc4C)[C@@H]4CCCN(C(=O)O)C4)cc3)cnn2C)n1. The first-order valence-electron chi connectivity index (χ1n) is 14.2. The molecule has 44 heavy (non-hydrogen) atoms. The number of amides is 2. The second kappa shape index (κ2) is 12.9. The number of nitrogens with zero attached hydrogens (tertiary/aromatic N) is 9. The Hall–Kier alpha value is -5.34. The van der Waals surface area contributed by atoms with Crippen molar-refractivity contribution in [2.45, 2.75) is 45.9 Å². The molecule has 0 radical (unpaired) electrons. The summed E-state index contributed by atoms with van der Waals surface area (Å²) >= 11 is 0. The smallest absolute Gasteiger partial charge is 0.465 e. The predicted octanol–water partition coefficient (Wildman–Crippen LogP) is 3.92. The van der Waals surface area contributed by atoms with Crippen molar-refractivity contribution in [3.63, 3.8) is 0 Å². The van der Waals surface area contributed by atoms with E-state index in [-0.39, 0.29) is 30.9 Å². The molecule has 1 fully saturated rings. The van der Waals surface area contributed by atoms with Crippen LogP contribution in [0, 0.1) is 6.92 Å². The van der Waals surface area contributed by atoms with Crippen molar-refractivity contribution in [2.24, 2.45) is 7.05 Å². The number of ether oxygens (including phenoxy) is 2. The van der Waals surface area contributed by atoms with Gasteiger partial charge in [-0.25, -0.2) is 14.6 Å². The van der Waals surface area contributed by atoms with Gasteiger partial charge in [0.05, 0.1) is 18.8 Å².